The molecule has 0 bridgehead atoms. The quantitative estimate of drug-likeness (QED) is 0.778. The molecule has 1 unspecified atom stereocenters. The Bertz CT molecular complexity index is 612. The Hall–Kier alpha value is -1.57. The number of rotatable bonds is 1. The Morgan fingerprint density at radius 2 is 2.05 bits per heavy atom. The number of allylic oxidation sites excluding steroid dienone is 2. The first kappa shape index (κ1) is 12.5. The van der Waals surface area contributed by atoms with E-state index in [9.17, 15) is 4.79 Å². The predicted octanol–water partition coefficient (Wildman–Crippen LogP) is 3.67. The first-order valence-corrected chi connectivity index (χ1v) is 7.13. The number of hydrogen-bond donors (Lipinski definition) is 1. The summed E-state index contributed by atoms with van der Waals surface area (Å²) >= 11 is 0. The average Bonchev–Trinajstić information content (AvgIpc) is 2.75. The summed E-state index contributed by atoms with van der Waals surface area (Å²) in [6.45, 7) is 6.35. The van der Waals surface area contributed by atoms with E-state index in [1.54, 1.807) is 0 Å². The molecular weight excluding hydrogens is 234 g/mol. The number of benzene rings is 1. The van der Waals surface area contributed by atoms with Gasteiger partial charge in [0, 0.05) is 17.5 Å². The zero-order valence-electron chi connectivity index (χ0n) is 12.0. The van der Waals surface area contributed by atoms with Crippen LogP contribution >= 0.6 is 0 Å². The topological polar surface area (TPSA) is 43.1 Å². The van der Waals surface area contributed by atoms with Gasteiger partial charge in [0.1, 0.15) is 0 Å². The maximum absolute atomic E-state index is 12.1. The van der Waals surface area contributed by atoms with Crippen LogP contribution < -0.4 is 5.73 Å². The van der Waals surface area contributed by atoms with E-state index in [0.29, 0.717) is 12.2 Å². The molecule has 0 aromatic heterocycles. The second-order valence-corrected chi connectivity index (χ2v) is 6.04. The molecule has 100 valence electrons. The molecule has 2 aliphatic rings. The average molecular weight is 255 g/mol. The van der Waals surface area contributed by atoms with Gasteiger partial charge in [-0.1, -0.05) is 13.0 Å². The van der Waals surface area contributed by atoms with Gasteiger partial charge < -0.3 is 5.73 Å². The summed E-state index contributed by atoms with van der Waals surface area (Å²) in [5.41, 5.74) is 13.2. The lowest BCUT2D eigenvalue weighted by molar-refractivity contribution is -0.116. The van der Waals surface area contributed by atoms with Gasteiger partial charge in [0.2, 0.25) is 0 Å². The summed E-state index contributed by atoms with van der Waals surface area (Å²) in [7, 11) is 0. The molecule has 1 aromatic carbocycles. The van der Waals surface area contributed by atoms with Gasteiger partial charge >= 0.3 is 0 Å². The van der Waals surface area contributed by atoms with Crippen molar-refractivity contribution < 1.29 is 4.79 Å². The monoisotopic (exact) mass is 255 g/mol. The van der Waals surface area contributed by atoms with Gasteiger partial charge in [-0.25, -0.2) is 0 Å². The summed E-state index contributed by atoms with van der Waals surface area (Å²) in [4.78, 5) is 12.1. The van der Waals surface area contributed by atoms with Crippen LogP contribution in [0.4, 0.5) is 5.69 Å². The van der Waals surface area contributed by atoms with E-state index < -0.39 is 0 Å². The van der Waals surface area contributed by atoms with Crippen molar-refractivity contribution in [3.8, 4) is 0 Å². The number of Topliss-reactive ketones (excluding diaryl/α,β-unsaturated/α-hetero) is 1. The minimum absolute atomic E-state index is 0.179. The maximum Gasteiger partial charge on any atom is 0.158 e. The standard InChI is InChI=1S/C17H21NO/c1-4-17-8-7-15(19)11(3)16(17)12-5-6-14(18)10(2)13(12)9-17/h5-6H,4,7-9,18H2,1-3H3. The number of anilines is 1. The van der Waals surface area contributed by atoms with Crippen LogP contribution in [0.15, 0.2) is 17.7 Å². The van der Waals surface area contributed by atoms with Gasteiger partial charge in [-0.15, -0.1) is 0 Å². The molecule has 0 saturated heterocycles. The molecule has 2 nitrogen and oxygen atoms in total. The third-order valence-electron chi connectivity index (χ3n) is 5.26. The molecular formula is C17H21NO. The Morgan fingerprint density at radius 3 is 2.74 bits per heavy atom. The molecule has 0 aliphatic heterocycles. The van der Waals surface area contributed by atoms with E-state index in [-0.39, 0.29) is 5.41 Å². The van der Waals surface area contributed by atoms with Crippen molar-refractivity contribution in [2.45, 2.75) is 46.5 Å². The molecule has 0 fully saturated rings. The van der Waals surface area contributed by atoms with Gasteiger partial charge in [-0.05, 0) is 67.0 Å². The number of nitrogens with two attached hydrogens (primary N) is 1. The smallest absolute Gasteiger partial charge is 0.158 e. The number of carbonyl (C=O) groups excluding carboxylic acids is 1. The largest absolute Gasteiger partial charge is 0.399 e. The fourth-order valence-corrected chi connectivity index (χ4v) is 3.92. The van der Waals surface area contributed by atoms with Crippen molar-refractivity contribution in [3.05, 3.63) is 34.4 Å². The van der Waals surface area contributed by atoms with Gasteiger partial charge in [-0.3, -0.25) is 4.79 Å². The van der Waals surface area contributed by atoms with Crippen molar-refractivity contribution in [2.24, 2.45) is 5.41 Å². The number of ketones is 1. The van der Waals surface area contributed by atoms with Crippen LogP contribution in [0.25, 0.3) is 5.57 Å². The third-order valence-corrected chi connectivity index (χ3v) is 5.26. The highest BCUT2D eigenvalue weighted by molar-refractivity contribution is 6.06. The molecule has 2 N–H and O–H groups in total. The number of carbonyl (C=O) groups is 1. The Kier molecular flexibility index (Phi) is 2.60. The van der Waals surface area contributed by atoms with Crippen molar-refractivity contribution in [1.29, 1.82) is 0 Å². The van der Waals surface area contributed by atoms with Crippen LogP contribution in [0, 0.1) is 12.3 Å². The summed E-state index contributed by atoms with van der Waals surface area (Å²) in [5.74, 6) is 0.321. The molecule has 0 spiro atoms. The first-order chi connectivity index (χ1) is 9.00. The molecule has 3 rings (SSSR count). The zero-order valence-corrected chi connectivity index (χ0v) is 12.0. The van der Waals surface area contributed by atoms with Crippen LogP contribution in [0.1, 0.15) is 49.8 Å². The third kappa shape index (κ3) is 1.52. The molecule has 0 amide bonds. The lowest BCUT2D eigenvalue weighted by Crippen LogP contribution is -2.27. The van der Waals surface area contributed by atoms with Crippen molar-refractivity contribution in [1.82, 2.24) is 0 Å². The minimum atomic E-state index is 0.179. The SMILES string of the molecule is CCC12CCC(=O)C(C)=C1c1ccc(N)c(C)c1C2. The normalized spacial score (nSPS) is 25.5. The van der Waals surface area contributed by atoms with Gasteiger partial charge in [0.05, 0.1) is 0 Å². The van der Waals surface area contributed by atoms with Crippen molar-refractivity contribution >= 4 is 17.0 Å². The van der Waals surface area contributed by atoms with E-state index in [2.05, 4.69) is 19.9 Å². The van der Waals surface area contributed by atoms with Crippen molar-refractivity contribution in [2.75, 3.05) is 5.73 Å². The second-order valence-electron chi connectivity index (χ2n) is 6.04. The van der Waals surface area contributed by atoms with Crippen LogP contribution in [-0.4, -0.2) is 5.78 Å². The van der Waals surface area contributed by atoms with Crippen LogP contribution in [0.2, 0.25) is 0 Å². The van der Waals surface area contributed by atoms with E-state index in [1.807, 2.05) is 13.0 Å². The summed E-state index contributed by atoms with van der Waals surface area (Å²) < 4.78 is 0. The van der Waals surface area contributed by atoms with Crippen LogP contribution in [-0.2, 0) is 11.2 Å². The predicted molar refractivity (Wildman–Crippen MR) is 78.9 cm³/mol. The summed E-state index contributed by atoms with van der Waals surface area (Å²) in [6, 6.07) is 4.10. The van der Waals surface area contributed by atoms with E-state index >= 15 is 0 Å². The Balaban J connectivity index is 2.31. The minimum Gasteiger partial charge on any atom is -0.399 e. The molecule has 0 saturated carbocycles. The summed E-state index contributed by atoms with van der Waals surface area (Å²) in [5, 5.41) is 0. The van der Waals surface area contributed by atoms with E-state index in [4.69, 9.17) is 5.73 Å². The molecule has 0 heterocycles. The summed E-state index contributed by atoms with van der Waals surface area (Å²) in [6.07, 6.45) is 3.84. The molecule has 1 aromatic rings. The zero-order chi connectivity index (χ0) is 13.8. The lowest BCUT2D eigenvalue weighted by atomic mass is 9.68. The van der Waals surface area contributed by atoms with E-state index in [1.165, 1.54) is 22.3 Å². The van der Waals surface area contributed by atoms with Gasteiger partial charge in [-0.2, -0.15) is 0 Å². The molecule has 2 aliphatic carbocycles. The molecule has 1 atom stereocenters. The molecule has 2 heteroatoms. The lowest BCUT2D eigenvalue weighted by Gasteiger charge is -2.34. The maximum atomic E-state index is 12.1. The number of hydrogen-bond acceptors (Lipinski definition) is 2. The highest BCUT2D eigenvalue weighted by atomic mass is 16.1. The first-order valence-electron chi connectivity index (χ1n) is 7.13. The number of fused-ring (bicyclic) bond motifs is 3. The van der Waals surface area contributed by atoms with Crippen molar-refractivity contribution in [3.63, 3.8) is 0 Å². The highest BCUT2D eigenvalue weighted by Crippen LogP contribution is 2.56. The van der Waals surface area contributed by atoms with Gasteiger partial charge in [0.15, 0.2) is 5.78 Å². The van der Waals surface area contributed by atoms with Gasteiger partial charge in [0.25, 0.3) is 0 Å². The number of nitrogen functional groups attached to an aromatic ring is 1. The molecule has 19 heavy (non-hydrogen) atoms. The fraction of sp³-hybridized carbons (Fsp3) is 0.471. The highest BCUT2D eigenvalue weighted by Gasteiger charge is 2.45. The molecule has 0 radical (unpaired) electrons. The van der Waals surface area contributed by atoms with Crippen LogP contribution in [0.3, 0.4) is 0 Å². The Morgan fingerprint density at radius 1 is 1.32 bits per heavy atom. The van der Waals surface area contributed by atoms with E-state index in [0.717, 1.165) is 30.5 Å². The fourth-order valence-electron chi connectivity index (χ4n) is 3.92. The second kappa shape index (κ2) is 3.96. The Labute approximate surface area is 114 Å². The van der Waals surface area contributed by atoms with Crippen LogP contribution in [0.5, 0.6) is 0 Å².